The molecular weight excluding hydrogens is 268 g/mol. The monoisotopic (exact) mass is 278 g/mol. The highest BCUT2D eigenvalue weighted by Crippen LogP contribution is 2.28. The maximum atomic E-state index is 10.9. The lowest BCUT2D eigenvalue weighted by Crippen LogP contribution is -1.90. The minimum absolute atomic E-state index is 0.441. The van der Waals surface area contributed by atoms with Gasteiger partial charge in [-0.05, 0) is 48.7 Å². The predicted molar refractivity (Wildman–Crippen MR) is 75.1 cm³/mol. The molecule has 4 heteroatoms. The van der Waals surface area contributed by atoms with Gasteiger partial charge >= 0.3 is 0 Å². The van der Waals surface area contributed by atoms with Crippen molar-refractivity contribution in [3.8, 4) is 11.5 Å². The number of benzene rings is 2. The molecule has 2 rings (SSSR count). The molecule has 0 amide bonds. The second-order valence-electron chi connectivity index (χ2n) is 3.58. The molecule has 0 unspecified atom stereocenters. The topological polar surface area (TPSA) is 26.3 Å². The second-order valence-corrected chi connectivity index (χ2v) is 4.89. The molecule has 2 nitrogen and oxygen atoms in total. The van der Waals surface area contributed by atoms with Crippen LogP contribution < -0.4 is 4.74 Å². The molecule has 0 bridgehead atoms. The number of carbonyl (C=O) groups excluding carboxylic acids is 1. The number of rotatable bonds is 4. The zero-order valence-corrected chi connectivity index (χ0v) is 11.3. The molecule has 2 aromatic carbocycles. The highest BCUT2D eigenvalue weighted by Gasteiger charge is 2.05. The van der Waals surface area contributed by atoms with E-state index in [1.54, 1.807) is 30.0 Å². The fourth-order valence-corrected chi connectivity index (χ4v) is 2.06. The molecular formula is C14H11ClO2S. The van der Waals surface area contributed by atoms with Gasteiger partial charge in [-0.1, -0.05) is 11.6 Å². The van der Waals surface area contributed by atoms with Crippen LogP contribution in [0.1, 0.15) is 10.4 Å². The Labute approximate surface area is 115 Å². The van der Waals surface area contributed by atoms with Crippen LogP contribution in [0.2, 0.25) is 5.02 Å². The van der Waals surface area contributed by atoms with Gasteiger partial charge in [-0.15, -0.1) is 11.8 Å². The third-order valence-electron chi connectivity index (χ3n) is 2.39. The molecule has 0 N–H and O–H groups in total. The summed E-state index contributed by atoms with van der Waals surface area (Å²) >= 11 is 7.49. The van der Waals surface area contributed by atoms with E-state index in [4.69, 9.17) is 16.3 Å². The normalized spacial score (nSPS) is 10.1. The first-order valence-electron chi connectivity index (χ1n) is 5.29. The average Bonchev–Trinajstić information content (AvgIpc) is 2.41. The summed E-state index contributed by atoms with van der Waals surface area (Å²) in [5, 5.41) is 0.516. The Morgan fingerprint density at radius 1 is 1.17 bits per heavy atom. The number of hydrogen-bond acceptors (Lipinski definition) is 3. The van der Waals surface area contributed by atoms with Crippen LogP contribution in [0.4, 0.5) is 0 Å². The molecule has 0 radical (unpaired) electrons. The van der Waals surface area contributed by atoms with Crippen molar-refractivity contribution in [3.05, 3.63) is 53.1 Å². The molecule has 0 aliphatic carbocycles. The number of ether oxygens (including phenoxy) is 1. The third-order valence-corrected chi connectivity index (χ3v) is 3.36. The number of thioether (sulfide) groups is 1. The number of hydrogen-bond donors (Lipinski definition) is 0. The molecule has 0 saturated carbocycles. The Morgan fingerprint density at radius 2 is 1.89 bits per heavy atom. The van der Waals surface area contributed by atoms with E-state index < -0.39 is 0 Å². The number of aldehydes is 1. The lowest BCUT2D eigenvalue weighted by atomic mass is 10.2. The summed E-state index contributed by atoms with van der Waals surface area (Å²) in [5.74, 6) is 1.20. The van der Waals surface area contributed by atoms with Gasteiger partial charge in [0.2, 0.25) is 0 Å². The summed E-state index contributed by atoms with van der Waals surface area (Å²) in [6.07, 6.45) is 2.75. The fraction of sp³-hybridized carbons (Fsp3) is 0.0714. The van der Waals surface area contributed by atoms with Crippen molar-refractivity contribution < 1.29 is 9.53 Å². The molecule has 0 aliphatic heterocycles. The largest absolute Gasteiger partial charge is 0.457 e. The maximum absolute atomic E-state index is 10.9. The van der Waals surface area contributed by atoms with Gasteiger partial charge in [-0.2, -0.15) is 0 Å². The molecule has 0 saturated heterocycles. The average molecular weight is 279 g/mol. The second kappa shape index (κ2) is 5.94. The van der Waals surface area contributed by atoms with E-state index in [0.717, 1.165) is 11.2 Å². The van der Waals surface area contributed by atoms with Crippen molar-refractivity contribution in [2.75, 3.05) is 6.26 Å². The maximum Gasteiger partial charge on any atom is 0.153 e. The van der Waals surface area contributed by atoms with E-state index in [1.165, 1.54) is 0 Å². The first-order chi connectivity index (χ1) is 8.72. The van der Waals surface area contributed by atoms with Crippen molar-refractivity contribution >= 4 is 29.6 Å². The molecule has 0 spiro atoms. The molecule has 0 atom stereocenters. The van der Waals surface area contributed by atoms with Gasteiger partial charge < -0.3 is 4.74 Å². The minimum Gasteiger partial charge on any atom is -0.457 e. The fourth-order valence-electron chi connectivity index (χ4n) is 1.48. The highest BCUT2D eigenvalue weighted by atomic mass is 35.5. The van der Waals surface area contributed by atoms with Crippen LogP contribution in [-0.4, -0.2) is 12.5 Å². The third kappa shape index (κ3) is 3.06. The van der Waals surface area contributed by atoms with Crippen molar-refractivity contribution in [3.63, 3.8) is 0 Å². The molecule has 0 aromatic heterocycles. The van der Waals surface area contributed by atoms with Crippen LogP contribution >= 0.6 is 23.4 Å². The summed E-state index contributed by atoms with van der Waals surface area (Å²) in [5.41, 5.74) is 0.441. The Morgan fingerprint density at radius 3 is 2.50 bits per heavy atom. The van der Waals surface area contributed by atoms with E-state index in [-0.39, 0.29) is 0 Å². The Balaban J connectivity index is 2.24. The predicted octanol–water partition coefficient (Wildman–Crippen LogP) is 4.67. The zero-order valence-electron chi connectivity index (χ0n) is 9.72. The van der Waals surface area contributed by atoms with Gasteiger partial charge in [0, 0.05) is 9.92 Å². The van der Waals surface area contributed by atoms with Crippen molar-refractivity contribution in [1.82, 2.24) is 0 Å². The van der Waals surface area contributed by atoms with E-state index in [9.17, 15) is 4.79 Å². The quantitative estimate of drug-likeness (QED) is 0.601. The summed E-state index contributed by atoms with van der Waals surface area (Å²) in [7, 11) is 0. The standard InChI is InChI=1S/C14H11ClO2S/c1-18-13-5-3-12(4-6-13)17-14-7-2-11(15)8-10(14)9-16/h2-9H,1H3. The summed E-state index contributed by atoms with van der Waals surface area (Å²) in [4.78, 5) is 12.1. The van der Waals surface area contributed by atoms with Gasteiger partial charge in [0.1, 0.15) is 11.5 Å². The van der Waals surface area contributed by atoms with Gasteiger partial charge in [-0.25, -0.2) is 0 Å². The summed E-state index contributed by atoms with van der Waals surface area (Å²) in [6.45, 7) is 0. The Kier molecular flexibility index (Phi) is 4.28. The van der Waals surface area contributed by atoms with Crippen LogP contribution in [0.5, 0.6) is 11.5 Å². The first-order valence-corrected chi connectivity index (χ1v) is 6.90. The van der Waals surface area contributed by atoms with Crippen LogP contribution in [0.3, 0.4) is 0 Å². The SMILES string of the molecule is CSc1ccc(Oc2ccc(Cl)cc2C=O)cc1. The molecule has 92 valence electrons. The molecule has 0 heterocycles. The molecule has 2 aromatic rings. The van der Waals surface area contributed by atoms with E-state index in [2.05, 4.69) is 0 Å². The van der Waals surface area contributed by atoms with Crippen molar-refractivity contribution in [2.45, 2.75) is 4.90 Å². The molecule has 18 heavy (non-hydrogen) atoms. The smallest absolute Gasteiger partial charge is 0.153 e. The van der Waals surface area contributed by atoms with Gasteiger partial charge in [0.15, 0.2) is 6.29 Å². The number of halogens is 1. The summed E-state index contributed by atoms with van der Waals surface area (Å²) in [6, 6.07) is 12.6. The van der Waals surface area contributed by atoms with Crippen LogP contribution in [0.15, 0.2) is 47.4 Å². The van der Waals surface area contributed by atoms with Crippen LogP contribution in [0.25, 0.3) is 0 Å². The van der Waals surface area contributed by atoms with Crippen LogP contribution in [0, 0.1) is 0 Å². The van der Waals surface area contributed by atoms with E-state index >= 15 is 0 Å². The van der Waals surface area contributed by atoms with Crippen LogP contribution in [-0.2, 0) is 0 Å². The van der Waals surface area contributed by atoms with E-state index in [1.807, 2.05) is 30.5 Å². The highest BCUT2D eigenvalue weighted by molar-refractivity contribution is 7.98. The van der Waals surface area contributed by atoms with Gasteiger partial charge in [0.05, 0.1) is 5.56 Å². The van der Waals surface area contributed by atoms with Gasteiger partial charge in [-0.3, -0.25) is 4.79 Å². The summed E-state index contributed by atoms with van der Waals surface area (Å²) < 4.78 is 5.66. The lowest BCUT2D eigenvalue weighted by Gasteiger charge is -2.08. The van der Waals surface area contributed by atoms with E-state index in [0.29, 0.717) is 22.1 Å². The minimum atomic E-state index is 0.441. The molecule has 0 aliphatic rings. The van der Waals surface area contributed by atoms with Gasteiger partial charge in [0.25, 0.3) is 0 Å². The van der Waals surface area contributed by atoms with Crippen molar-refractivity contribution in [2.24, 2.45) is 0 Å². The van der Waals surface area contributed by atoms with Crippen molar-refractivity contribution in [1.29, 1.82) is 0 Å². The Bertz CT molecular complexity index is 552. The zero-order chi connectivity index (χ0) is 13.0. The molecule has 0 fully saturated rings. The first kappa shape index (κ1) is 13.0. The Hall–Kier alpha value is -1.45. The number of carbonyl (C=O) groups is 1. The lowest BCUT2D eigenvalue weighted by molar-refractivity contribution is 0.112.